The van der Waals surface area contributed by atoms with E-state index in [4.69, 9.17) is 0 Å². The quantitative estimate of drug-likeness (QED) is 0.663. The molecule has 2 aliphatic rings. The Morgan fingerprint density at radius 1 is 1.15 bits per heavy atom. The average molecular weight is 282 g/mol. The Morgan fingerprint density at radius 3 is 2.65 bits per heavy atom. The molecule has 0 aromatic heterocycles. The molecule has 0 radical (unpaired) electrons. The van der Waals surface area contributed by atoms with E-state index in [2.05, 4.69) is 16.0 Å². The van der Waals surface area contributed by atoms with Crippen molar-refractivity contribution in [3.05, 3.63) is 0 Å². The molecule has 2 rings (SSSR count). The molecule has 0 aromatic carbocycles. The van der Waals surface area contributed by atoms with E-state index in [1.54, 1.807) is 19.0 Å². The van der Waals surface area contributed by atoms with Crippen LogP contribution in [0.2, 0.25) is 0 Å². The highest BCUT2D eigenvalue weighted by Gasteiger charge is 2.32. The van der Waals surface area contributed by atoms with Gasteiger partial charge in [0.05, 0.1) is 0 Å². The zero-order valence-electron chi connectivity index (χ0n) is 13.0. The minimum absolute atomic E-state index is 0.00977. The zero-order valence-corrected chi connectivity index (χ0v) is 13.0. The lowest BCUT2D eigenvalue weighted by atomic mass is 9.79. The van der Waals surface area contributed by atoms with Crippen molar-refractivity contribution in [2.24, 2.45) is 5.92 Å². The van der Waals surface area contributed by atoms with Gasteiger partial charge in [0.15, 0.2) is 0 Å². The van der Waals surface area contributed by atoms with Gasteiger partial charge in [-0.25, -0.2) is 4.79 Å². The highest BCUT2D eigenvalue weighted by Crippen LogP contribution is 2.30. The zero-order chi connectivity index (χ0) is 14.4. The van der Waals surface area contributed by atoms with Crippen LogP contribution in [0.25, 0.3) is 0 Å². The maximum absolute atomic E-state index is 11.4. The number of rotatable bonds is 5. The van der Waals surface area contributed by atoms with Gasteiger partial charge in [0.1, 0.15) is 0 Å². The van der Waals surface area contributed by atoms with Gasteiger partial charge in [-0.3, -0.25) is 0 Å². The van der Waals surface area contributed by atoms with Gasteiger partial charge >= 0.3 is 6.03 Å². The minimum Gasteiger partial charge on any atom is -0.337 e. The highest BCUT2D eigenvalue weighted by molar-refractivity contribution is 5.73. The number of carbonyl (C=O) groups is 1. The van der Waals surface area contributed by atoms with Crippen LogP contribution in [0.1, 0.15) is 38.5 Å². The summed E-state index contributed by atoms with van der Waals surface area (Å²) in [4.78, 5) is 13.0. The van der Waals surface area contributed by atoms with Gasteiger partial charge in [-0.1, -0.05) is 12.8 Å². The molecule has 2 fully saturated rings. The summed E-state index contributed by atoms with van der Waals surface area (Å²) in [5, 5.41) is 10.2. The van der Waals surface area contributed by atoms with Gasteiger partial charge < -0.3 is 20.9 Å². The fourth-order valence-electron chi connectivity index (χ4n) is 3.56. The van der Waals surface area contributed by atoms with E-state index in [1.165, 1.54) is 45.1 Å². The molecule has 0 bridgehead atoms. The summed E-state index contributed by atoms with van der Waals surface area (Å²) in [5.74, 6) is 0.774. The lowest BCUT2D eigenvalue weighted by Crippen LogP contribution is -2.49. The van der Waals surface area contributed by atoms with Gasteiger partial charge in [-0.2, -0.15) is 0 Å². The van der Waals surface area contributed by atoms with Crippen molar-refractivity contribution in [1.82, 2.24) is 20.9 Å². The molecular weight excluding hydrogens is 252 g/mol. The molecule has 5 nitrogen and oxygen atoms in total. The number of urea groups is 1. The number of amides is 2. The molecule has 3 unspecified atom stereocenters. The fourth-order valence-corrected chi connectivity index (χ4v) is 3.56. The molecule has 0 aromatic rings. The first-order valence-electron chi connectivity index (χ1n) is 8.10. The number of nitrogens with zero attached hydrogens (tertiary/aromatic N) is 1. The van der Waals surface area contributed by atoms with E-state index in [1.807, 2.05) is 0 Å². The van der Waals surface area contributed by atoms with E-state index in [0.717, 1.165) is 12.5 Å². The van der Waals surface area contributed by atoms with Crippen molar-refractivity contribution in [1.29, 1.82) is 0 Å². The summed E-state index contributed by atoms with van der Waals surface area (Å²) in [6.45, 7) is 2.76. The lowest BCUT2D eigenvalue weighted by Gasteiger charge is -2.36. The third-order valence-electron chi connectivity index (χ3n) is 4.65. The first-order valence-corrected chi connectivity index (χ1v) is 8.10. The summed E-state index contributed by atoms with van der Waals surface area (Å²) in [5.41, 5.74) is 0. The second kappa shape index (κ2) is 7.84. The van der Waals surface area contributed by atoms with Crippen LogP contribution in [0.5, 0.6) is 0 Å². The molecule has 3 N–H and O–H groups in total. The maximum atomic E-state index is 11.4. The molecule has 1 saturated heterocycles. The third-order valence-corrected chi connectivity index (χ3v) is 4.65. The normalized spacial score (nSPS) is 30.2. The summed E-state index contributed by atoms with van der Waals surface area (Å²) in [6, 6.07) is 1.32. The summed E-state index contributed by atoms with van der Waals surface area (Å²) in [6.07, 6.45) is 8.00. The van der Waals surface area contributed by atoms with Crippen molar-refractivity contribution < 1.29 is 4.79 Å². The Morgan fingerprint density at radius 2 is 1.95 bits per heavy atom. The van der Waals surface area contributed by atoms with Crippen molar-refractivity contribution in [2.75, 3.05) is 33.7 Å². The first kappa shape index (κ1) is 15.6. The van der Waals surface area contributed by atoms with Crippen LogP contribution >= 0.6 is 0 Å². The molecular formula is C15H30N4O. The Bertz CT molecular complexity index is 302. The van der Waals surface area contributed by atoms with E-state index < -0.39 is 0 Å². The maximum Gasteiger partial charge on any atom is 0.316 e. The molecule has 20 heavy (non-hydrogen) atoms. The number of hydrogen-bond donors (Lipinski definition) is 3. The number of hydrogen-bond acceptors (Lipinski definition) is 3. The summed E-state index contributed by atoms with van der Waals surface area (Å²) in [7, 11) is 3.54. The minimum atomic E-state index is -0.00977. The van der Waals surface area contributed by atoms with Crippen molar-refractivity contribution >= 4 is 6.03 Å². The van der Waals surface area contributed by atoms with Gasteiger partial charge in [-0.05, 0) is 38.1 Å². The molecule has 1 saturated carbocycles. The highest BCUT2D eigenvalue weighted by atomic mass is 16.2. The van der Waals surface area contributed by atoms with E-state index in [-0.39, 0.29) is 6.03 Å². The Labute approximate surface area is 122 Å². The SMILES string of the molecule is CN(C)C(=O)NCCNC1CCCCC1C1CCCN1. The van der Waals surface area contributed by atoms with Gasteiger partial charge in [0.2, 0.25) is 0 Å². The number of carbonyl (C=O) groups excluding carboxylic acids is 1. The Balaban J connectivity index is 1.70. The first-order chi connectivity index (χ1) is 9.68. The Kier molecular flexibility index (Phi) is 6.10. The van der Waals surface area contributed by atoms with Gasteiger partial charge in [0, 0.05) is 39.3 Å². The van der Waals surface area contributed by atoms with Gasteiger partial charge in [-0.15, -0.1) is 0 Å². The van der Waals surface area contributed by atoms with Crippen LogP contribution in [-0.4, -0.2) is 56.7 Å². The Hall–Kier alpha value is -0.810. The molecule has 1 aliphatic heterocycles. The molecule has 3 atom stereocenters. The largest absolute Gasteiger partial charge is 0.337 e. The monoisotopic (exact) mass is 282 g/mol. The summed E-state index contributed by atoms with van der Waals surface area (Å²) >= 11 is 0. The van der Waals surface area contributed by atoms with Crippen LogP contribution < -0.4 is 16.0 Å². The number of nitrogens with one attached hydrogen (secondary N) is 3. The predicted octanol–water partition coefficient (Wildman–Crippen LogP) is 1.16. The van der Waals surface area contributed by atoms with Crippen molar-refractivity contribution in [3.63, 3.8) is 0 Å². The summed E-state index contributed by atoms with van der Waals surface area (Å²) < 4.78 is 0. The van der Waals surface area contributed by atoms with Gasteiger partial charge in [0.25, 0.3) is 0 Å². The second-order valence-electron chi connectivity index (χ2n) is 6.34. The smallest absolute Gasteiger partial charge is 0.316 e. The molecule has 0 spiro atoms. The van der Waals surface area contributed by atoms with Crippen LogP contribution in [-0.2, 0) is 0 Å². The average Bonchev–Trinajstić information content (AvgIpc) is 2.97. The lowest BCUT2D eigenvalue weighted by molar-refractivity contribution is 0.209. The predicted molar refractivity (Wildman–Crippen MR) is 81.9 cm³/mol. The molecule has 2 amide bonds. The van der Waals surface area contributed by atoms with E-state index >= 15 is 0 Å². The molecule has 1 aliphatic carbocycles. The van der Waals surface area contributed by atoms with Crippen LogP contribution in [0.15, 0.2) is 0 Å². The molecule has 1 heterocycles. The van der Waals surface area contributed by atoms with E-state index in [0.29, 0.717) is 18.6 Å². The van der Waals surface area contributed by atoms with Crippen LogP contribution in [0.4, 0.5) is 4.79 Å². The molecule has 5 heteroatoms. The second-order valence-corrected chi connectivity index (χ2v) is 6.34. The standard InChI is InChI=1S/C15H30N4O/c1-19(2)15(20)18-11-10-17-13-7-4-3-6-12(13)14-8-5-9-16-14/h12-14,16-17H,3-11H2,1-2H3,(H,18,20). The fraction of sp³-hybridized carbons (Fsp3) is 0.933. The van der Waals surface area contributed by atoms with Crippen molar-refractivity contribution in [3.8, 4) is 0 Å². The van der Waals surface area contributed by atoms with E-state index in [9.17, 15) is 4.79 Å². The topological polar surface area (TPSA) is 56.4 Å². The van der Waals surface area contributed by atoms with Crippen LogP contribution in [0, 0.1) is 5.92 Å². The van der Waals surface area contributed by atoms with Crippen LogP contribution in [0.3, 0.4) is 0 Å². The molecule has 116 valence electrons. The third kappa shape index (κ3) is 4.35. The van der Waals surface area contributed by atoms with Crippen molar-refractivity contribution in [2.45, 2.75) is 50.6 Å².